The van der Waals surface area contributed by atoms with E-state index in [1.165, 1.54) is 26.4 Å². The summed E-state index contributed by atoms with van der Waals surface area (Å²) in [7, 11) is 2.78. The maximum atomic E-state index is 12.9. The normalized spacial score (nSPS) is 17.3. The summed E-state index contributed by atoms with van der Waals surface area (Å²) in [4.78, 5) is 25.6. The molecular weight excluding hydrogens is 392 g/mol. The molecular formula is C22H20O8. The molecule has 2 heterocycles. The Hall–Kier alpha value is -3.68. The van der Waals surface area contributed by atoms with E-state index >= 15 is 0 Å². The number of phenols is 1. The van der Waals surface area contributed by atoms with Crippen molar-refractivity contribution in [1.29, 1.82) is 0 Å². The number of para-hydroxylation sites is 1. The number of carbonyl (C=O) groups is 1. The van der Waals surface area contributed by atoms with Crippen LogP contribution in [-0.2, 0) is 9.53 Å². The molecule has 0 saturated heterocycles. The molecule has 0 unspecified atom stereocenters. The third-order valence-corrected chi connectivity index (χ3v) is 5.04. The first-order valence-electron chi connectivity index (χ1n) is 9.34. The van der Waals surface area contributed by atoms with Gasteiger partial charge in [0.25, 0.3) is 0 Å². The largest absolute Gasteiger partial charge is 0.502 e. The molecule has 4 rings (SSSR count). The number of fused-ring (bicyclic) bond motifs is 3. The van der Waals surface area contributed by atoms with Gasteiger partial charge in [-0.25, -0.2) is 9.59 Å². The van der Waals surface area contributed by atoms with Crippen LogP contribution in [0.3, 0.4) is 0 Å². The van der Waals surface area contributed by atoms with Crippen molar-refractivity contribution in [3.63, 3.8) is 0 Å². The van der Waals surface area contributed by atoms with Crippen molar-refractivity contribution in [3.05, 3.63) is 57.9 Å². The van der Waals surface area contributed by atoms with Crippen molar-refractivity contribution >= 4 is 16.9 Å². The zero-order chi connectivity index (χ0) is 21.4. The quantitative estimate of drug-likeness (QED) is 0.504. The summed E-state index contributed by atoms with van der Waals surface area (Å²) in [6.45, 7) is 1.84. The molecule has 0 fully saturated rings. The fourth-order valence-corrected chi connectivity index (χ4v) is 3.72. The lowest BCUT2D eigenvalue weighted by molar-refractivity contribution is -0.151. The fourth-order valence-electron chi connectivity index (χ4n) is 3.72. The molecule has 8 heteroatoms. The number of rotatable bonds is 5. The molecule has 2 aromatic carbocycles. The predicted molar refractivity (Wildman–Crippen MR) is 107 cm³/mol. The van der Waals surface area contributed by atoms with Gasteiger partial charge >= 0.3 is 11.6 Å². The number of phenolic OH excluding ortho intramolecular Hbond substituents is 1. The molecule has 0 radical (unpaired) electrons. The van der Waals surface area contributed by atoms with Gasteiger partial charge in [-0.2, -0.15) is 0 Å². The van der Waals surface area contributed by atoms with Crippen LogP contribution in [0.5, 0.6) is 23.0 Å². The SMILES string of the molecule is CCOC(=O)[C@@H]1Oc2c(c(=O)oc3ccccc23)[C@H]1c1cc(OC)c(O)c(OC)c1. The summed E-state index contributed by atoms with van der Waals surface area (Å²) in [5, 5.41) is 10.8. The monoisotopic (exact) mass is 412 g/mol. The van der Waals surface area contributed by atoms with Crippen LogP contribution < -0.4 is 19.8 Å². The number of aromatic hydroxyl groups is 1. The lowest BCUT2D eigenvalue weighted by atomic mass is 9.88. The predicted octanol–water partition coefficient (Wildman–Crippen LogP) is 2.97. The zero-order valence-corrected chi connectivity index (χ0v) is 16.6. The van der Waals surface area contributed by atoms with E-state index in [0.29, 0.717) is 16.5 Å². The summed E-state index contributed by atoms with van der Waals surface area (Å²) in [6.07, 6.45) is -1.12. The van der Waals surface area contributed by atoms with Gasteiger partial charge in [-0.05, 0) is 36.8 Å². The third kappa shape index (κ3) is 3.01. The van der Waals surface area contributed by atoms with Crippen molar-refractivity contribution in [2.45, 2.75) is 18.9 Å². The minimum Gasteiger partial charge on any atom is -0.502 e. The molecule has 0 bridgehead atoms. The maximum Gasteiger partial charge on any atom is 0.348 e. The topological polar surface area (TPSA) is 104 Å². The molecule has 2 atom stereocenters. The van der Waals surface area contributed by atoms with Crippen LogP contribution in [0.15, 0.2) is 45.6 Å². The summed E-state index contributed by atoms with van der Waals surface area (Å²) >= 11 is 0. The number of esters is 1. The molecule has 1 aliphatic heterocycles. The molecule has 156 valence electrons. The van der Waals surface area contributed by atoms with Crippen LogP contribution in [0.25, 0.3) is 11.0 Å². The van der Waals surface area contributed by atoms with E-state index in [9.17, 15) is 14.7 Å². The Morgan fingerprint density at radius 2 is 1.80 bits per heavy atom. The number of methoxy groups -OCH3 is 2. The minimum atomic E-state index is -1.12. The third-order valence-electron chi connectivity index (χ3n) is 5.04. The van der Waals surface area contributed by atoms with Crippen molar-refractivity contribution in [2.75, 3.05) is 20.8 Å². The number of ether oxygens (including phenoxy) is 4. The van der Waals surface area contributed by atoms with Gasteiger partial charge in [-0.3, -0.25) is 0 Å². The van der Waals surface area contributed by atoms with Gasteiger partial charge < -0.3 is 28.5 Å². The number of benzene rings is 2. The molecule has 0 aliphatic carbocycles. The van der Waals surface area contributed by atoms with Gasteiger partial charge in [-0.1, -0.05) is 12.1 Å². The van der Waals surface area contributed by atoms with E-state index in [0.717, 1.165) is 0 Å². The second-order valence-corrected chi connectivity index (χ2v) is 6.67. The van der Waals surface area contributed by atoms with Gasteiger partial charge in [0.2, 0.25) is 11.9 Å². The van der Waals surface area contributed by atoms with Crippen LogP contribution in [0.4, 0.5) is 0 Å². The van der Waals surface area contributed by atoms with Crippen LogP contribution in [-0.4, -0.2) is 38.0 Å². The van der Waals surface area contributed by atoms with Gasteiger partial charge in [-0.15, -0.1) is 0 Å². The first-order valence-corrected chi connectivity index (χ1v) is 9.34. The van der Waals surface area contributed by atoms with E-state index in [1.807, 2.05) is 0 Å². The Labute approximate surface area is 171 Å². The molecule has 1 aromatic heterocycles. The number of carbonyl (C=O) groups excluding carboxylic acids is 1. The van der Waals surface area contributed by atoms with E-state index < -0.39 is 23.6 Å². The Bertz CT molecular complexity index is 1150. The summed E-state index contributed by atoms with van der Waals surface area (Å²) in [5.41, 5.74) is 0.402. The van der Waals surface area contributed by atoms with Gasteiger partial charge in [0.15, 0.2) is 11.5 Å². The van der Waals surface area contributed by atoms with E-state index in [1.54, 1.807) is 31.2 Å². The van der Waals surface area contributed by atoms with Gasteiger partial charge in [0.1, 0.15) is 11.3 Å². The molecule has 3 aromatic rings. The first-order chi connectivity index (χ1) is 14.5. The smallest absolute Gasteiger partial charge is 0.348 e. The van der Waals surface area contributed by atoms with Gasteiger partial charge in [0.05, 0.1) is 37.7 Å². The molecule has 1 N–H and O–H groups in total. The van der Waals surface area contributed by atoms with E-state index in [4.69, 9.17) is 23.4 Å². The Kier molecular flexibility index (Phi) is 4.99. The fraction of sp³-hybridized carbons (Fsp3) is 0.273. The Balaban J connectivity index is 1.98. The van der Waals surface area contributed by atoms with Crippen LogP contribution >= 0.6 is 0 Å². The summed E-state index contributed by atoms with van der Waals surface area (Å²) in [6, 6.07) is 9.98. The van der Waals surface area contributed by atoms with Crippen molar-refractivity contribution in [2.24, 2.45) is 0 Å². The van der Waals surface area contributed by atoms with Crippen molar-refractivity contribution < 1.29 is 33.3 Å². The molecule has 8 nitrogen and oxygen atoms in total. The van der Waals surface area contributed by atoms with Crippen LogP contribution in [0.2, 0.25) is 0 Å². The standard InChI is InChI=1S/C22H20O8/c1-4-28-22(25)20-16(11-9-14(26-2)18(23)15(10-11)27-3)17-19(30-20)12-7-5-6-8-13(12)29-21(17)24/h5-10,16,20,23H,4H2,1-3H3/t16-,20-/m1/s1. The van der Waals surface area contributed by atoms with Crippen LogP contribution in [0, 0.1) is 0 Å². The number of hydrogen-bond acceptors (Lipinski definition) is 8. The molecule has 0 saturated carbocycles. The lowest BCUT2D eigenvalue weighted by Crippen LogP contribution is -2.32. The molecule has 30 heavy (non-hydrogen) atoms. The highest BCUT2D eigenvalue weighted by atomic mass is 16.6. The highest BCUT2D eigenvalue weighted by Gasteiger charge is 2.45. The maximum absolute atomic E-state index is 12.9. The lowest BCUT2D eigenvalue weighted by Gasteiger charge is -2.19. The average Bonchev–Trinajstić information content (AvgIpc) is 3.16. The van der Waals surface area contributed by atoms with Crippen LogP contribution in [0.1, 0.15) is 24.0 Å². The average molecular weight is 412 g/mol. The first kappa shape index (κ1) is 19.6. The minimum absolute atomic E-state index is 0.130. The van der Waals surface area contributed by atoms with E-state index in [2.05, 4.69) is 0 Å². The highest BCUT2D eigenvalue weighted by molar-refractivity contribution is 5.88. The highest BCUT2D eigenvalue weighted by Crippen LogP contribution is 2.48. The van der Waals surface area contributed by atoms with Crippen molar-refractivity contribution in [1.82, 2.24) is 0 Å². The number of hydrogen-bond donors (Lipinski definition) is 1. The Morgan fingerprint density at radius 1 is 1.13 bits per heavy atom. The zero-order valence-electron chi connectivity index (χ0n) is 16.6. The second-order valence-electron chi connectivity index (χ2n) is 6.67. The van der Waals surface area contributed by atoms with Gasteiger partial charge in [0, 0.05) is 0 Å². The Morgan fingerprint density at radius 3 is 2.43 bits per heavy atom. The molecule has 0 spiro atoms. The van der Waals surface area contributed by atoms with Crippen molar-refractivity contribution in [3.8, 4) is 23.0 Å². The van der Waals surface area contributed by atoms with E-state index in [-0.39, 0.29) is 35.2 Å². The summed E-state index contributed by atoms with van der Waals surface area (Å²) < 4.78 is 27.1. The second kappa shape index (κ2) is 7.62. The summed E-state index contributed by atoms with van der Waals surface area (Å²) in [5.74, 6) is -1.12. The molecule has 0 amide bonds. The molecule has 1 aliphatic rings.